The number of pyridine rings is 1. The van der Waals surface area contributed by atoms with E-state index in [1.165, 1.54) is 6.07 Å². The summed E-state index contributed by atoms with van der Waals surface area (Å²) >= 11 is 0. The van der Waals surface area contributed by atoms with E-state index in [1.54, 1.807) is 0 Å². The van der Waals surface area contributed by atoms with E-state index in [2.05, 4.69) is 9.72 Å². The maximum absolute atomic E-state index is 13.6. The summed E-state index contributed by atoms with van der Waals surface area (Å²) in [4.78, 5) is 15.2. The van der Waals surface area contributed by atoms with Crippen molar-refractivity contribution in [2.24, 2.45) is 0 Å². The molecule has 0 radical (unpaired) electrons. The van der Waals surface area contributed by atoms with Crippen molar-refractivity contribution in [3.8, 4) is 11.8 Å². The monoisotopic (exact) mass is 378 g/mol. The highest BCUT2D eigenvalue weighted by molar-refractivity contribution is 6.07. The third-order valence-electron chi connectivity index (χ3n) is 2.94. The number of benzene rings is 1. The van der Waals surface area contributed by atoms with E-state index in [-0.39, 0.29) is 0 Å². The van der Waals surface area contributed by atoms with Crippen molar-refractivity contribution in [1.29, 1.82) is 5.26 Å². The van der Waals surface area contributed by atoms with Gasteiger partial charge in [0.15, 0.2) is 17.3 Å². The van der Waals surface area contributed by atoms with Crippen LogP contribution >= 0.6 is 0 Å². The molecule has 2 rings (SSSR count). The van der Waals surface area contributed by atoms with Crippen LogP contribution in [0.3, 0.4) is 0 Å². The highest BCUT2D eigenvalue weighted by Gasteiger charge is 2.36. The van der Waals surface area contributed by atoms with Gasteiger partial charge in [0.1, 0.15) is 11.8 Å². The molecule has 1 heterocycles. The van der Waals surface area contributed by atoms with Crippen LogP contribution in [0.15, 0.2) is 30.3 Å². The van der Waals surface area contributed by atoms with E-state index < -0.39 is 52.4 Å². The number of nitrogens with zero attached hydrogens (tertiary/aromatic N) is 2. The highest BCUT2D eigenvalue weighted by Crippen LogP contribution is 2.31. The number of nitriles is 1. The van der Waals surface area contributed by atoms with Crippen LogP contribution < -0.4 is 4.74 Å². The van der Waals surface area contributed by atoms with Gasteiger partial charge in [-0.3, -0.25) is 4.79 Å². The number of carbonyl (C=O) groups is 1. The van der Waals surface area contributed by atoms with Crippen molar-refractivity contribution in [3.63, 3.8) is 0 Å². The molecular weight excluding hydrogens is 373 g/mol. The summed E-state index contributed by atoms with van der Waals surface area (Å²) in [5, 5.41) is 8.66. The Morgan fingerprint density at radius 3 is 2.23 bits per heavy atom. The van der Waals surface area contributed by atoms with Gasteiger partial charge in [-0.2, -0.15) is 18.4 Å². The molecule has 1 aromatic carbocycles. The maximum Gasteiger partial charge on any atom is 0.573 e. The van der Waals surface area contributed by atoms with E-state index in [4.69, 9.17) is 5.26 Å². The molecule has 0 aliphatic carbocycles. The fourth-order valence-corrected chi connectivity index (χ4v) is 1.89. The van der Waals surface area contributed by atoms with Crippen molar-refractivity contribution in [3.05, 3.63) is 58.7 Å². The summed E-state index contributed by atoms with van der Waals surface area (Å²) in [6, 6.07) is 4.40. The zero-order chi connectivity index (χ0) is 19.7. The quantitative estimate of drug-likeness (QED) is 0.592. The van der Waals surface area contributed by atoms with Crippen LogP contribution in [0.4, 0.5) is 30.7 Å². The van der Waals surface area contributed by atoms with Crippen LogP contribution in [0.5, 0.6) is 5.75 Å². The summed E-state index contributed by atoms with van der Waals surface area (Å²) in [5.74, 6) is -3.94. The Morgan fingerprint density at radius 1 is 1.08 bits per heavy atom. The average Bonchev–Trinajstić information content (AvgIpc) is 2.53. The van der Waals surface area contributed by atoms with E-state index in [0.29, 0.717) is 18.2 Å². The van der Waals surface area contributed by atoms with Gasteiger partial charge in [-0.15, -0.1) is 13.2 Å². The first-order chi connectivity index (χ1) is 11.9. The topological polar surface area (TPSA) is 63.0 Å². The molecule has 0 saturated carbocycles. The summed E-state index contributed by atoms with van der Waals surface area (Å²) in [7, 11) is 0. The third kappa shape index (κ3) is 4.27. The van der Waals surface area contributed by atoms with Gasteiger partial charge < -0.3 is 4.74 Å². The normalized spacial score (nSPS) is 11.8. The van der Waals surface area contributed by atoms with Crippen molar-refractivity contribution in [1.82, 2.24) is 4.98 Å². The molecule has 11 heteroatoms. The Hall–Kier alpha value is -3.16. The number of rotatable bonds is 3. The van der Waals surface area contributed by atoms with Crippen LogP contribution in [-0.2, 0) is 6.18 Å². The van der Waals surface area contributed by atoms with Crippen LogP contribution in [0.1, 0.15) is 27.3 Å². The first kappa shape index (κ1) is 19.2. The third-order valence-corrected chi connectivity index (χ3v) is 2.94. The van der Waals surface area contributed by atoms with Crippen LogP contribution in [-0.4, -0.2) is 17.1 Å². The number of aromatic nitrogens is 1. The van der Waals surface area contributed by atoms with Gasteiger partial charge in [0, 0.05) is 5.56 Å². The summed E-state index contributed by atoms with van der Waals surface area (Å²) < 4.78 is 91.8. The largest absolute Gasteiger partial charge is 0.573 e. The predicted octanol–water partition coefficient (Wildman–Crippen LogP) is 4.24. The molecule has 0 N–H and O–H groups in total. The number of hydrogen-bond donors (Lipinski definition) is 0. The minimum Gasteiger partial charge on any atom is -0.403 e. The number of carbonyl (C=O) groups excluding carboxylic acids is 1. The Morgan fingerprint density at radius 2 is 1.73 bits per heavy atom. The molecule has 26 heavy (non-hydrogen) atoms. The van der Waals surface area contributed by atoms with E-state index in [9.17, 15) is 35.5 Å². The first-order valence-electron chi connectivity index (χ1n) is 6.50. The molecule has 0 unspecified atom stereocenters. The van der Waals surface area contributed by atoms with Gasteiger partial charge in [-0.25, -0.2) is 9.37 Å². The number of hydrogen-bond acceptors (Lipinski definition) is 4. The molecule has 2 aromatic rings. The van der Waals surface area contributed by atoms with E-state index in [0.717, 1.165) is 12.1 Å². The van der Waals surface area contributed by atoms with Gasteiger partial charge in [-0.1, -0.05) is 0 Å². The van der Waals surface area contributed by atoms with Gasteiger partial charge in [0.25, 0.3) is 0 Å². The fraction of sp³-hybridized carbons (Fsp3) is 0.133. The van der Waals surface area contributed by atoms with Gasteiger partial charge in [0.05, 0.1) is 5.56 Å². The van der Waals surface area contributed by atoms with Crippen molar-refractivity contribution < 1.29 is 40.3 Å². The zero-order valence-electron chi connectivity index (χ0n) is 12.2. The lowest BCUT2D eigenvalue weighted by atomic mass is 10.1. The SMILES string of the molecule is N#Cc1ccc(C(=O)c2ccc(OC(F)(F)F)c(F)c2)nc1C(F)(F)F. The average molecular weight is 378 g/mol. The Labute approximate surface area is 140 Å². The molecule has 0 aliphatic rings. The number of ketones is 1. The molecule has 0 saturated heterocycles. The maximum atomic E-state index is 13.6. The number of alkyl halides is 6. The van der Waals surface area contributed by atoms with Gasteiger partial charge >= 0.3 is 12.5 Å². The Kier molecular flexibility index (Phi) is 4.88. The molecule has 1 aromatic heterocycles. The summed E-state index contributed by atoms with van der Waals surface area (Å²) in [5.41, 5.74) is -3.75. The lowest BCUT2D eigenvalue weighted by Gasteiger charge is -2.11. The fourth-order valence-electron chi connectivity index (χ4n) is 1.89. The number of halogens is 7. The highest BCUT2D eigenvalue weighted by atomic mass is 19.4. The van der Waals surface area contributed by atoms with E-state index >= 15 is 0 Å². The van der Waals surface area contributed by atoms with Crippen LogP contribution in [0.2, 0.25) is 0 Å². The van der Waals surface area contributed by atoms with Crippen LogP contribution in [0, 0.1) is 17.1 Å². The second-order valence-corrected chi connectivity index (χ2v) is 4.72. The van der Waals surface area contributed by atoms with Gasteiger partial charge in [0.2, 0.25) is 5.78 Å². The van der Waals surface area contributed by atoms with Crippen molar-refractivity contribution >= 4 is 5.78 Å². The van der Waals surface area contributed by atoms with Crippen molar-refractivity contribution in [2.45, 2.75) is 12.5 Å². The summed E-state index contributed by atoms with van der Waals surface area (Å²) in [6.45, 7) is 0. The standard InChI is InChI=1S/C15H5F7N2O2/c16-9-5-7(2-4-11(9)26-15(20,21)22)12(25)10-3-1-8(6-23)13(24-10)14(17,18)19/h1-5H. The molecule has 0 bridgehead atoms. The molecule has 0 fully saturated rings. The molecule has 0 amide bonds. The smallest absolute Gasteiger partial charge is 0.403 e. The number of ether oxygens (including phenoxy) is 1. The molecule has 0 spiro atoms. The molecule has 4 nitrogen and oxygen atoms in total. The van der Waals surface area contributed by atoms with Gasteiger partial charge in [-0.05, 0) is 30.3 Å². The zero-order valence-corrected chi connectivity index (χ0v) is 12.2. The molecule has 0 aliphatic heterocycles. The molecule has 136 valence electrons. The predicted molar refractivity (Wildman–Crippen MR) is 70.5 cm³/mol. The second-order valence-electron chi connectivity index (χ2n) is 4.72. The van der Waals surface area contributed by atoms with Crippen LogP contribution in [0.25, 0.3) is 0 Å². The molecular formula is C15H5F7N2O2. The first-order valence-corrected chi connectivity index (χ1v) is 6.50. The van der Waals surface area contributed by atoms with E-state index in [1.807, 2.05) is 0 Å². The minimum atomic E-state index is -5.16. The lowest BCUT2D eigenvalue weighted by molar-refractivity contribution is -0.275. The Balaban J connectivity index is 2.41. The Bertz CT molecular complexity index is 898. The second kappa shape index (κ2) is 6.62. The minimum absolute atomic E-state index is 0.372. The summed E-state index contributed by atoms with van der Waals surface area (Å²) in [6.07, 6.45) is -10.2. The molecule has 0 atom stereocenters. The lowest BCUT2D eigenvalue weighted by Crippen LogP contribution is -2.18. The van der Waals surface area contributed by atoms with Crippen molar-refractivity contribution in [2.75, 3.05) is 0 Å².